The molecule has 0 spiro atoms. The molecule has 0 saturated carbocycles. The summed E-state index contributed by atoms with van der Waals surface area (Å²) >= 11 is 3.00. The summed E-state index contributed by atoms with van der Waals surface area (Å²) < 4.78 is 26.0. The lowest BCUT2D eigenvalue weighted by molar-refractivity contribution is 0.491. The van der Waals surface area contributed by atoms with Crippen LogP contribution >= 0.6 is 23.1 Å². The van der Waals surface area contributed by atoms with E-state index in [9.17, 15) is 8.42 Å². The van der Waals surface area contributed by atoms with Crippen LogP contribution in [0.4, 0.5) is 0 Å². The number of thioether (sulfide) groups is 1. The van der Waals surface area contributed by atoms with Gasteiger partial charge in [-0.05, 0) is 19.1 Å². The second kappa shape index (κ2) is 3.84. The smallest absolute Gasteiger partial charge is 0.206 e. The van der Waals surface area contributed by atoms with Gasteiger partial charge in [0.2, 0.25) is 0 Å². The largest absolute Gasteiger partial charge is 0.253 e. The topological polar surface area (TPSA) is 37.4 Å². The minimum atomic E-state index is -3.19. The van der Waals surface area contributed by atoms with Gasteiger partial charge in [-0.3, -0.25) is 0 Å². The number of sulfonamides is 1. The quantitative estimate of drug-likeness (QED) is 0.801. The Morgan fingerprint density at radius 3 is 2.71 bits per heavy atom. The Hall–Kier alpha value is -0.0400. The molecule has 2 rings (SSSR count). The molecule has 1 aliphatic rings. The number of aryl methyl sites for hydroxylation is 1. The molecule has 1 saturated heterocycles. The lowest BCUT2D eigenvalue weighted by Crippen LogP contribution is -2.27. The fourth-order valence-electron chi connectivity index (χ4n) is 1.26. The summed E-state index contributed by atoms with van der Waals surface area (Å²) in [4.78, 5) is 1.04. The van der Waals surface area contributed by atoms with Gasteiger partial charge in [-0.25, -0.2) is 8.42 Å². The van der Waals surface area contributed by atoms with Crippen LogP contribution in [-0.4, -0.2) is 30.9 Å². The predicted molar refractivity (Wildman–Crippen MR) is 60.3 cm³/mol. The van der Waals surface area contributed by atoms with Crippen molar-refractivity contribution in [1.29, 1.82) is 0 Å². The van der Waals surface area contributed by atoms with Crippen molar-refractivity contribution in [3.8, 4) is 0 Å². The van der Waals surface area contributed by atoms with Crippen LogP contribution in [0.25, 0.3) is 0 Å². The number of hydrogen-bond acceptors (Lipinski definition) is 4. The highest BCUT2D eigenvalue weighted by Gasteiger charge is 2.28. The fourth-order valence-corrected chi connectivity index (χ4v) is 5.52. The standard InChI is InChI=1S/C8H11NO2S3/c1-7-2-3-8(13-7)14(10,11)9-4-5-12-6-9/h2-3H,4-6H2,1H3. The predicted octanol–water partition coefficient (Wildman–Crippen LogP) is 1.75. The molecular formula is C8H11NO2S3. The Kier molecular flexibility index (Phi) is 2.88. The van der Waals surface area contributed by atoms with Crippen molar-refractivity contribution < 1.29 is 8.42 Å². The van der Waals surface area contributed by atoms with E-state index in [2.05, 4.69) is 0 Å². The molecule has 1 aromatic rings. The molecule has 1 aromatic heterocycles. The summed E-state index contributed by atoms with van der Waals surface area (Å²) in [6.45, 7) is 2.56. The Morgan fingerprint density at radius 1 is 1.43 bits per heavy atom. The molecule has 0 amide bonds. The third-order valence-electron chi connectivity index (χ3n) is 2.03. The van der Waals surface area contributed by atoms with Gasteiger partial charge in [-0.1, -0.05) is 0 Å². The number of rotatable bonds is 2. The Labute approximate surface area is 92.2 Å². The molecule has 78 valence electrons. The van der Waals surface area contributed by atoms with E-state index < -0.39 is 10.0 Å². The molecule has 0 unspecified atom stereocenters. The van der Waals surface area contributed by atoms with Gasteiger partial charge in [-0.15, -0.1) is 23.1 Å². The maximum atomic E-state index is 12.0. The van der Waals surface area contributed by atoms with E-state index in [-0.39, 0.29) is 0 Å². The normalized spacial score (nSPS) is 18.9. The highest BCUT2D eigenvalue weighted by Crippen LogP contribution is 2.27. The van der Waals surface area contributed by atoms with Gasteiger partial charge in [0.05, 0.1) is 5.88 Å². The average molecular weight is 249 g/mol. The fraction of sp³-hybridized carbons (Fsp3) is 0.500. The first kappa shape index (κ1) is 10.5. The minimum Gasteiger partial charge on any atom is -0.206 e. The number of thiophene rings is 1. The first-order chi connectivity index (χ1) is 6.60. The highest BCUT2D eigenvalue weighted by atomic mass is 32.2. The zero-order valence-electron chi connectivity index (χ0n) is 7.76. The van der Waals surface area contributed by atoms with Crippen molar-refractivity contribution >= 4 is 33.1 Å². The van der Waals surface area contributed by atoms with Crippen LogP contribution in [0.5, 0.6) is 0 Å². The molecular weight excluding hydrogens is 238 g/mol. The molecule has 0 N–H and O–H groups in total. The second-order valence-corrected chi connectivity index (χ2v) is 7.61. The van der Waals surface area contributed by atoms with Crippen LogP contribution in [0.2, 0.25) is 0 Å². The van der Waals surface area contributed by atoms with E-state index in [4.69, 9.17) is 0 Å². The van der Waals surface area contributed by atoms with Crippen molar-refractivity contribution in [2.75, 3.05) is 18.2 Å². The van der Waals surface area contributed by atoms with Gasteiger partial charge in [0, 0.05) is 17.2 Å². The van der Waals surface area contributed by atoms with Crippen LogP contribution in [0.3, 0.4) is 0 Å². The summed E-state index contributed by atoms with van der Waals surface area (Å²) in [5.74, 6) is 1.50. The zero-order valence-corrected chi connectivity index (χ0v) is 10.2. The van der Waals surface area contributed by atoms with Crippen LogP contribution in [0, 0.1) is 6.92 Å². The van der Waals surface area contributed by atoms with Gasteiger partial charge in [0.1, 0.15) is 4.21 Å². The molecule has 0 bridgehead atoms. The maximum absolute atomic E-state index is 12.0. The third-order valence-corrected chi connectivity index (χ3v) is 6.47. The minimum absolute atomic E-state index is 0.470. The molecule has 14 heavy (non-hydrogen) atoms. The molecule has 0 radical (unpaired) electrons. The molecule has 0 aromatic carbocycles. The lowest BCUT2D eigenvalue weighted by Gasteiger charge is -2.12. The van der Waals surface area contributed by atoms with E-state index in [1.54, 1.807) is 22.1 Å². The summed E-state index contributed by atoms with van der Waals surface area (Å²) in [7, 11) is -3.19. The number of hydrogen-bond donors (Lipinski definition) is 0. The summed E-state index contributed by atoms with van der Waals surface area (Å²) in [5.41, 5.74) is 0. The van der Waals surface area contributed by atoms with Crippen LogP contribution in [0.15, 0.2) is 16.3 Å². The summed E-state index contributed by atoms with van der Waals surface area (Å²) in [5, 5.41) is 0. The van der Waals surface area contributed by atoms with Crippen molar-refractivity contribution in [2.45, 2.75) is 11.1 Å². The zero-order chi connectivity index (χ0) is 10.2. The molecule has 1 fully saturated rings. The highest BCUT2D eigenvalue weighted by molar-refractivity contribution is 8.00. The van der Waals surface area contributed by atoms with Gasteiger partial charge in [-0.2, -0.15) is 4.31 Å². The lowest BCUT2D eigenvalue weighted by atomic mass is 10.5. The Balaban J connectivity index is 2.32. The number of nitrogens with zero attached hydrogens (tertiary/aromatic N) is 1. The average Bonchev–Trinajstić information content (AvgIpc) is 2.72. The molecule has 0 aliphatic carbocycles. The molecule has 1 aliphatic heterocycles. The van der Waals surface area contributed by atoms with Crippen LogP contribution < -0.4 is 0 Å². The van der Waals surface area contributed by atoms with E-state index in [1.807, 2.05) is 13.0 Å². The third kappa shape index (κ3) is 1.84. The maximum Gasteiger partial charge on any atom is 0.253 e. The van der Waals surface area contributed by atoms with Crippen molar-refractivity contribution in [3.63, 3.8) is 0 Å². The van der Waals surface area contributed by atoms with Gasteiger partial charge in [0.15, 0.2) is 0 Å². The van der Waals surface area contributed by atoms with Crippen molar-refractivity contribution in [3.05, 3.63) is 17.0 Å². The Bertz CT molecular complexity index is 418. The van der Waals surface area contributed by atoms with Gasteiger partial charge >= 0.3 is 0 Å². The molecule has 6 heteroatoms. The van der Waals surface area contributed by atoms with E-state index in [0.29, 0.717) is 16.6 Å². The van der Waals surface area contributed by atoms with E-state index in [0.717, 1.165) is 10.6 Å². The van der Waals surface area contributed by atoms with E-state index in [1.165, 1.54) is 11.3 Å². The van der Waals surface area contributed by atoms with E-state index >= 15 is 0 Å². The van der Waals surface area contributed by atoms with Crippen LogP contribution in [0.1, 0.15) is 4.88 Å². The summed E-state index contributed by atoms with van der Waals surface area (Å²) in [6.07, 6.45) is 0. The first-order valence-corrected chi connectivity index (χ1v) is 7.66. The van der Waals surface area contributed by atoms with Crippen LogP contribution in [-0.2, 0) is 10.0 Å². The molecule has 0 atom stereocenters. The van der Waals surface area contributed by atoms with Crippen molar-refractivity contribution in [1.82, 2.24) is 4.31 Å². The van der Waals surface area contributed by atoms with Gasteiger partial charge in [0.25, 0.3) is 10.0 Å². The summed E-state index contributed by atoms with van der Waals surface area (Å²) in [6, 6.07) is 3.54. The molecule has 2 heterocycles. The Morgan fingerprint density at radius 2 is 2.21 bits per heavy atom. The first-order valence-electron chi connectivity index (χ1n) is 4.25. The van der Waals surface area contributed by atoms with Crippen molar-refractivity contribution in [2.24, 2.45) is 0 Å². The second-order valence-electron chi connectivity index (χ2n) is 3.08. The molecule has 3 nitrogen and oxygen atoms in total. The monoisotopic (exact) mass is 249 g/mol. The SMILES string of the molecule is Cc1ccc(S(=O)(=O)N2CCSC2)s1. The van der Waals surface area contributed by atoms with Gasteiger partial charge < -0.3 is 0 Å².